The third kappa shape index (κ3) is 4.03. The van der Waals surface area contributed by atoms with Crippen LogP contribution in [-0.4, -0.2) is 9.13 Å². The second-order valence-corrected chi connectivity index (χ2v) is 11.7. The first-order chi connectivity index (χ1) is 22.7. The Kier molecular flexibility index (Phi) is 6.25. The lowest BCUT2D eigenvalue weighted by Gasteiger charge is -2.20. The molecule has 3 nitrogen and oxygen atoms in total. The molecule has 0 aliphatic heterocycles. The Labute approximate surface area is 264 Å². The minimum Gasteiger partial charge on any atom is -0.309 e. The average molecular weight is 628 g/mol. The van der Waals surface area contributed by atoms with Gasteiger partial charge in [-0.2, -0.15) is 5.26 Å². The maximum absolute atomic E-state index is 15.8. The van der Waals surface area contributed by atoms with Gasteiger partial charge in [-0.25, -0.2) is 22.0 Å². The molecule has 0 spiro atoms. The molecule has 228 valence electrons. The number of aryl methyl sites for hydroxylation is 2. The lowest BCUT2D eigenvalue weighted by atomic mass is 9.97. The van der Waals surface area contributed by atoms with Crippen molar-refractivity contribution in [1.29, 1.82) is 5.26 Å². The molecule has 0 bridgehead atoms. The summed E-state index contributed by atoms with van der Waals surface area (Å²) in [6.45, 7) is 3.81. The highest BCUT2D eigenvalue weighted by Crippen LogP contribution is 2.43. The van der Waals surface area contributed by atoms with E-state index in [9.17, 15) is 18.4 Å². The van der Waals surface area contributed by atoms with Gasteiger partial charge in [0.05, 0.1) is 44.6 Å². The Morgan fingerprint density at radius 1 is 0.489 bits per heavy atom. The number of halogens is 5. The molecule has 0 saturated carbocycles. The number of rotatable bonds is 3. The number of fused-ring (bicyclic) bond motifs is 6. The van der Waals surface area contributed by atoms with Crippen molar-refractivity contribution in [1.82, 2.24) is 9.13 Å². The summed E-state index contributed by atoms with van der Waals surface area (Å²) in [5.41, 5.74) is 3.59. The molecule has 0 unspecified atom stereocenters. The van der Waals surface area contributed by atoms with Crippen LogP contribution in [0.25, 0.3) is 66.1 Å². The van der Waals surface area contributed by atoms with Crippen molar-refractivity contribution in [2.24, 2.45) is 0 Å². The molecule has 2 heterocycles. The number of benzene rings is 6. The van der Waals surface area contributed by atoms with E-state index in [1.807, 2.05) is 92.7 Å². The fourth-order valence-corrected chi connectivity index (χ4v) is 6.76. The average Bonchev–Trinajstić information content (AvgIpc) is 3.58. The van der Waals surface area contributed by atoms with Crippen LogP contribution in [0.15, 0.2) is 97.1 Å². The summed E-state index contributed by atoms with van der Waals surface area (Å²) >= 11 is 0. The van der Waals surface area contributed by atoms with Gasteiger partial charge in [0, 0.05) is 27.1 Å². The highest BCUT2D eigenvalue weighted by atomic mass is 19.2. The SMILES string of the molecule is Cc1ccc2c3ccccc3n(-c3cc(-c4c(F)c(F)c(F)c(F)c4F)c(-n4c5ccccc5c5ccc(C)cc54)cc3C#N)c2c1. The summed E-state index contributed by atoms with van der Waals surface area (Å²) in [6, 6.07) is 31.5. The molecule has 0 fully saturated rings. The van der Waals surface area contributed by atoms with E-state index in [2.05, 4.69) is 6.07 Å². The molecule has 8 aromatic rings. The van der Waals surface area contributed by atoms with Crippen LogP contribution in [0.1, 0.15) is 16.7 Å². The highest BCUT2D eigenvalue weighted by Gasteiger charge is 2.30. The van der Waals surface area contributed by atoms with Crippen LogP contribution >= 0.6 is 0 Å². The van der Waals surface area contributed by atoms with Gasteiger partial charge in [0.25, 0.3) is 0 Å². The molecule has 0 atom stereocenters. The number of aromatic nitrogens is 2. The van der Waals surface area contributed by atoms with Gasteiger partial charge in [0.2, 0.25) is 5.82 Å². The van der Waals surface area contributed by atoms with E-state index in [1.165, 1.54) is 12.1 Å². The maximum atomic E-state index is 15.8. The van der Waals surface area contributed by atoms with E-state index < -0.39 is 34.6 Å². The Balaban J connectivity index is 1.60. The predicted molar refractivity (Wildman–Crippen MR) is 175 cm³/mol. The zero-order chi connectivity index (χ0) is 32.7. The van der Waals surface area contributed by atoms with Gasteiger partial charge in [-0.1, -0.05) is 60.7 Å². The van der Waals surface area contributed by atoms with Gasteiger partial charge < -0.3 is 9.13 Å². The lowest BCUT2D eigenvalue weighted by molar-refractivity contribution is 0.381. The van der Waals surface area contributed by atoms with Crippen molar-refractivity contribution < 1.29 is 22.0 Å². The number of nitriles is 1. The van der Waals surface area contributed by atoms with E-state index in [4.69, 9.17) is 0 Å². The molecule has 0 radical (unpaired) electrons. The van der Waals surface area contributed by atoms with Crippen LogP contribution in [0.5, 0.6) is 0 Å². The fraction of sp³-hybridized carbons (Fsp3) is 0.0513. The topological polar surface area (TPSA) is 33.6 Å². The number of para-hydroxylation sites is 2. The molecule has 2 aromatic heterocycles. The van der Waals surface area contributed by atoms with Crippen molar-refractivity contribution in [3.05, 3.63) is 143 Å². The van der Waals surface area contributed by atoms with Crippen molar-refractivity contribution in [2.45, 2.75) is 13.8 Å². The molecular formula is C39H22F5N3. The van der Waals surface area contributed by atoms with E-state index in [0.29, 0.717) is 22.1 Å². The van der Waals surface area contributed by atoms with Crippen molar-refractivity contribution in [3.63, 3.8) is 0 Å². The Morgan fingerprint density at radius 2 is 0.936 bits per heavy atom. The minimum absolute atomic E-state index is 0.0854. The van der Waals surface area contributed by atoms with E-state index in [1.54, 1.807) is 15.2 Å². The van der Waals surface area contributed by atoms with Crippen LogP contribution in [0.3, 0.4) is 0 Å². The Bertz CT molecular complexity index is 2650. The number of nitrogens with zero attached hydrogens (tertiary/aromatic N) is 3. The molecule has 0 N–H and O–H groups in total. The molecular weight excluding hydrogens is 605 g/mol. The smallest absolute Gasteiger partial charge is 0.200 e. The zero-order valence-electron chi connectivity index (χ0n) is 25.0. The van der Waals surface area contributed by atoms with Gasteiger partial charge in [-0.05, 0) is 61.4 Å². The van der Waals surface area contributed by atoms with Gasteiger partial charge in [0.15, 0.2) is 23.3 Å². The number of hydrogen-bond donors (Lipinski definition) is 0. The second-order valence-electron chi connectivity index (χ2n) is 11.7. The third-order valence-electron chi connectivity index (χ3n) is 8.85. The number of hydrogen-bond acceptors (Lipinski definition) is 1. The zero-order valence-corrected chi connectivity index (χ0v) is 25.0. The second kappa shape index (κ2) is 10.3. The van der Waals surface area contributed by atoms with E-state index in [0.717, 1.165) is 32.7 Å². The standard InChI is InChI=1S/C39H22F5N3/c1-20-11-13-25-23-7-3-5-9-28(23)46(31(25)15-20)30-18-27(34-35(40)37(42)39(44)38(43)36(34)41)33(17-22(30)19-45)47-29-10-6-4-8-24(29)26-14-12-21(2)16-32(26)47/h3-18H,1-2H3. The quantitative estimate of drug-likeness (QED) is 0.109. The van der Waals surface area contributed by atoms with Crippen LogP contribution in [-0.2, 0) is 0 Å². The molecule has 0 saturated heterocycles. The summed E-state index contributed by atoms with van der Waals surface area (Å²) in [7, 11) is 0. The first kappa shape index (κ1) is 28.5. The van der Waals surface area contributed by atoms with Crippen LogP contribution in [0.4, 0.5) is 22.0 Å². The van der Waals surface area contributed by atoms with Gasteiger partial charge in [0.1, 0.15) is 6.07 Å². The fourth-order valence-electron chi connectivity index (χ4n) is 6.76. The summed E-state index contributed by atoms with van der Waals surface area (Å²) in [4.78, 5) is 0. The molecule has 8 heteroatoms. The first-order valence-corrected chi connectivity index (χ1v) is 14.8. The van der Waals surface area contributed by atoms with Crippen LogP contribution in [0, 0.1) is 54.3 Å². The van der Waals surface area contributed by atoms with E-state index >= 15 is 8.78 Å². The van der Waals surface area contributed by atoms with Crippen LogP contribution < -0.4 is 0 Å². The first-order valence-electron chi connectivity index (χ1n) is 14.8. The lowest BCUT2D eigenvalue weighted by Crippen LogP contribution is -2.08. The maximum Gasteiger partial charge on any atom is 0.200 e. The van der Waals surface area contributed by atoms with Crippen molar-refractivity contribution in [2.75, 3.05) is 0 Å². The third-order valence-corrected chi connectivity index (χ3v) is 8.85. The van der Waals surface area contributed by atoms with E-state index in [-0.39, 0.29) is 22.5 Å². The van der Waals surface area contributed by atoms with Gasteiger partial charge in [-0.15, -0.1) is 0 Å². The summed E-state index contributed by atoms with van der Waals surface area (Å²) in [5, 5.41) is 14.0. The van der Waals surface area contributed by atoms with Crippen LogP contribution in [0.2, 0.25) is 0 Å². The molecule has 0 amide bonds. The molecule has 0 aliphatic rings. The minimum atomic E-state index is -2.25. The van der Waals surface area contributed by atoms with Gasteiger partial charge >= 0.3 is 0 Å². The normalized spacial score (nSPS) is 11.7. The Hall–Kier alpha value is -5.94. The molecule has 8 rings (SSSR count). The summed E-state index contributed by atoms with van der Waals surface area (Å²) < 4.78 is 79.3. The highest BCUT2D eigenvalue weighted by molar-refractivity contribution is 6.11. The predicted octanol–water partition coefficient (Wildman–Crippen LogP) is 10.7. The monoisotopic (exact) mass is 627 g/mol. The Morgan fingerprint density at radius 3 is 1.45 bits per heavy atom. The molecule has 0 aliphatic carbocycles. The largest absolute Gasteiger partial charge is 0.309 e. The molecule has 6 aromatic carbocycles. The van der Waals surface area contributed by atoms with Gasteiger partial charge in [-0.3, -0.25) is 0 Å². The summed E-state index contributed by atoms with van der Waals surface area (Å²) in [6.07, 6.45) is 0. The van der Waals surface area contributed by atoms with Crippen molar-refractivity contribution >= 4 is 43.6 Å². The molecule has 47 heavy (non-hydrogen) atoms. The summed E-state index contributed by atoms with van der Waals surface area (Å²) in [5.74, 6) is -10.3. The van der Waals surface area contributed by atoms with Crippen molar-refractivity contribution in [3.8, 4) is 28.6 Å².